The van der Waals surface area contributed by atoms with Crippen molar-refractivity contribution in [3.05, 3.63) is 54.0 Å². The van der Waals surface area contributed by atoms with Gasteiger partial charge in [-0.05, 0) is 38.0 Å². The maximum Gasteiger partial charge on any atom is 0.191 e. The first-order valence-electron chi connectivity index (χ1n) is 9.72. The molecule has 0 bridgehead atoms. The zero-order valence-corrected chi connectivity index (χ0v) is 15.9. The Labute approximate surface area is 161 Å². The van der Waals surface area contributed by atoms with E-state index < -0.39 is 0 Å². The molecule has 6 nitrogen and oxygen atoms in total. The zero-order valence-electron chi connectivity index (χ0n) is 15.9. The molecule has 0 saturated carbocycles. The highest BCUT2D eigenvalue weighted by atomic mass is 16.5. The lowest BCUT2D eigenvalue weighted by atomic mass is 10.2. The van der Waals surface area contributed by atoms with Crippen molar-refractivity contribution in [2.45, 2.75) is 38.8 Å². The zero-order chi connectivity index (χ0) is 18.7. The predicted octanol–water partition coefficient (Wildman–Crippen LogP) is 3.14. The number of ether oxygens (including phenoxy) is 2. The van der Waals surface area contributed by atoms with Crippen molar-refractivity contribution >= 4 is 5.96 Å². The summed E-state index contributed by atoms with van der Waals surface area (Å²) in [6.45, 7) is 5.55. The third-order valence-corrected chi connectivity index (χ3v) is 4.45. The highest BCUT2D eigenvalue weighted by Crippen LogP contribution is 2.18. The van der Waals surface area contributed by atoms with E-state index in [-0.39, 0.29) is 6.10 Å². The van der Waals surface area contributed by atoms with Crippen LogP contribution in [0.25, 0.3) is 0 Å². The molecule has 6 heteroatoms. The number of nitrogens with one attached hydrogen (secondary N) is 2. The minimum Gasteiger partial charge on any atom is -0.494 e. The van der Waals surface area contributed by atoms with Gasteiger partial charge in [0.15, 0.2) is 5.96 Å². The Hall–Kier alpha value is -2.47. The van der Waals surface area contributed by atoms with E-state index in [1.807, 2.05) is 37.3 Å². The summed E-state index contributed by atoms with van der Waals surface area (Å²) >= 11 is 0. The number of para-hydroxylation sites is 1. The van der Waals surface area contributed by atoms with Crippen molar-refractivity contribution in [3.63, 3.8) is 0 Å². The van der Waals surface area contributed by atoms with E-state index in [4.69, 9.17) is 18.9 Å². The standard InChI is InChI=1S/C21H29N3O3/c1-2-25-20-10-4-3-7-17(20)15-23-21(24-16-19-9-6-14-27-19)22-12-11-18-8-5-13-26-18/h3-5,7-8,10,13,19H,2,6,9,11-12,14-16H2,1H3,(H2,22,23,24). The molecular formula is C21H29N3O3. The van der Waals surface area contributed by atoms with Gasteiger partial charge in [0.05, 0.1) is 25.5 Å². The van der Waals surface area contributed by atoms with Crippen molar-refractivity contribution in [1.29, 1.82) is 0 Å². The van der Waals surface area contributed by atoms with Gasteiger partial charge in [0, 0.05) is 31.7 Å². The molecule has 2 aromatic rings. The van der Waals surface area contributed by atoms with E-state index in [2.05, 4.69) is 16.7 Å². The molecule has 2 N–H and O–H groups in total. The summed E-state index contributed by atoms with van der Waals surface area (Å²) < 4.78 is 16.8. The number of furan rings is 1. The molecule has 27 heavy (non-hydrogen) atoms. The Balaban J connectivity index is 1.59. The van der Waals surface area contributed by atoms with E-state index in [9.17, 15) is 0 Å². The van der Waals surface area contributed by atoms with Crippen molar-refractivity contribution < 1.29 is 13.9 Å². The molecular weight excluding hydrogens is 342 g/mol. The second kappa shape index (κ2) is 10.6. The molecule has 1 fully saturated rings. The van der Waals surface area contributed by atoms with Crippen LogP contribution >= 0.6 is 0 Å². The Bertz CT molecular complexity index is 694. The Kier molecular flexibility index (Phi) is 7.59. The highest BCUT2D eigenvalue weighted by Gasteiger charge is 2.15. The van der Waals surface area contributed by atoms with Gasteiger partial charge in [-0.15, -0.1) is 0 Å². The maximum absolute atomic E-state index is 5.70. The lowest BCUT2D eigenvalue weighted by Gasteiger charge is -2.16. The summed E-state index contributed by atoms with van der Waals surface area (Å²) in [6.07, 6.45) is 5.00. The Morgan fingerprint density at radius 3 is 2.93 bits per heavy atom. The number of hydrogen-bond acceptors (Lipinski definition) is 4. The van der Waals surface area contributed by atoms with E-state index in [1.54, 1.807) is 6.26 Å². The molecule has 3 rings (SSSR count). The van der Waals surface area contributed by atoms with Gasteiger partial charge in [0.2, 0.25) is 0 Å². The fraction of sp³-hybridized carbons (Fsp3) is 0.476. The number of guanidine groups is 1. The number of aliphatic imine (C=N–C) groups is 1. The summed E-state index contributed by atoms with van der Waals surface area (Å²) in [4.78, 5) is 4.74. The van der Waals surface area contributed by atoms with Crippen LogP contribution in [0.5, 0.6) is 5.75 Å². The summed E-state index contributed by atoms with van der Waals surface area (Å²) in [7, 11) is 0. The molecule has 146 valence electrons. The molecule has 1 aliphatic heterocycles. The fourth-order valence-corrected chi connectivity index (χ4v) is 3.04. The van der Waals surface area contributed by atoms with Crippen LogP contribution in [0.3, 0.4) is 0 Å². The average Bonchev–Trinajstić information content (AvgIpc) is 3.39. The van der Waals surface area contributed by atoms with E-state index >= 15 is 0 Å². The van der Waals surface area contributed by atoms with E-state index in [0.29, 0.717) is 13.2 Å². The number of nitrogens with zero attached hydrogens (tertiary/aromatic N) is 1. The topological polar surface area (TPSA) is 68.0 Å². The van der Waals surface area contributed by atoms with Crippen LogP contribution in [0.1, 0.15) is 31.1 Å². The molecule has 1 unspecified atom stereocenters. The SMILES string of the molecule is CCOc1ccccc1CN=C(NCCc1ccco1)NCC1CCCO1. The third kappa shape index (κ3) is 6.32. The number of rotatable bonds is 9. The highest BCUT2D eigenvalue weighted by molar-refractivity contribution is 5.79. The summed E-state index contributed by atoms with van der Waals surface area (Å²) in [5, 5.41) is 6.79. The van der Waals surface area contributed by atoms with Crippen molar-refractivity contribution in [3.8, 4) is 5.75 Å². The fourth-order valence-electron chi connectivity index (χ4n) is 3.04. The van der Waals surface area contributed by atoms with E-state index in [0.717, 1.165) is 62.0 Å². The molecule has 0 radical (unpaired) electrons. The molecule has 0 spiro atoms. The van der Waals surface area contributed by atoms with Gasteiger partial charge in [-0.25, -0.2) is 4.99 Å². The first-order chi connectivity index (χ1) is 13.3. The van der Waals surface area contributed by atoms with Crippen LogP contribution in [0, 0.1) is 0 Å². The molecule has 0 amide bonds. The molecule has 1 aliphatic rings. The molecule has 2 heterocycles. The summed E-state index contributed by atoms with van der Waals surface area (Å²) in [5.74, 6) is 2.63. The van der Waals surface area contributed by atoms with Crippen LogP contribution in [-0.2, 0) is 17.7 Å². The Morgan fingerprint density at radius 1 is 1.22 bits per heavy atom. The number of benzene rings is 1. The van der Waals surface area contributed by atoms with Crippen molar-refractivity contribution in [2.24, 2.45) is 4.99 Å². The average molecular weight is 371 g/mol. The number of hydrogen-bond donors (Lipinski definition) is 2. The second-order valence-corrected chi connectivity index (χ2v) is 6.48. The lowest BCUT2D eigenvalue weighted by Crippen LogP contribution is -2.41. The molecule has 0 aliphatic carbocycles. The van der Waals surface area contributed by atoms with Crippen LogP contribution in [-0.4, -0.2) is 38.4 Å². The first kappa shape index (κ1) is 19.3. The van der Waals surface area contributed by atoms with Gasteiger partial charge in [-0.1, -0.05) is 18.2 Å². The Morgan fingerprint density at radius 2 is 2.15 bits per heavy atom. The predicted molar refractivity (Wildman–Crippen MR) is 106 cm³/mol. The molecule has 1 aromatic heterocycles. The molecule has 1 saturated heterocycles. The monoisotopic (exact) mass is 371 g/mol. The summed E-state index contributed by atoms with van der Waals surface area (Å²) in [6, 6.07) is 11.9. The largest absolute Gasteiger partial charge is 0.494 e. The maximum atomic E-state index is 5.70. The summed E-state index contributed by atoms with van der Waals surface area (Å²) in [5.41, 5.74) is 1.07. The van der Waals surface area contributed by atoms with Crippen LogP contribution in [0.2, 0.25) is 0 Å². The smallest absolute Gasteiger partial charge is 0.191 e. The van der Waals surface area contributed by atoms with Crippen molar-refractivity contribution in [2.75, 3.05) is 26.3 Å². The normalized spacial score (nSPS) is 17.1. The minimum atomic E-state index is 0.262. The first-order valence-corrected chi connectivity index (χ1v) is 9.72. The van der Waals surface area contributed by atoms with Gasteiger partial charge in [-0.3, -0.25) is 0 Å². The van der Waals surface area contributed by atoms with Gasteiger partial charge >= 0.3 is 0 Å². The molecule has 1 atom stereocenters. The van der Waals surface area contributed by atoms with E-state index in [1.165, 1.54) is 0 Å². The van der Waals surface area contributed by atoms with Gasteiger partial charge in [0.1, 0.15) is 11.5 Å². The lowest BCUT2D eigenvalue weighted by molar-refractivity contribution is 0.114. The molecule has 1 aromatic carbocycles. The van der Waals surface area contributed by atoms with Gasteiger partial charge in [-0.2, -0.15) is 0 Å². The third-order valence-electron chi connectivity index (χ3n) is 4.45. The van der Waals surface area contributed by atoms with Crippen LogP contribution in [0.15, 0.2) is 52.1 Å². The van der Waals surface area contributed by atoms with Crippen molar-refractivity contribution in [1.82, 2.24) is 10.6 Å². The van der Waals surface area contributed by atoms with Gasteiger partial charge < -0.3 is 24.5 Å². The van der Waals surface area contributed by atoms with Crippen LogP contribution in [0.4, 0.5) is 0 Å². The van der Waals surface area contributed by atoms with Gasteiger partial charge in [0.25, 0.3) is 0 Å². The van der Waals surface area contributed by atoms with Crippen LogP contribution < -0.4 is 15.4 Å². The second-order valence-electron chi connectivity index (χ2n) is 6.48. The quantitative estimate of drug-likeness (QED) is 0.524. The minimum absolute atomic E-state index is 0.262.